The fourth-order valence-electron chi connectivity index (χ4n) is 2.33. The van der Waals surface area contributed by atoms with E-state index in [0.29, 0.717) is 29.0 Å². The number of aromatic nitrogens is 2. The van der Waals surface area contributed by atoms with Gasteiger partial charge in [0.25, 0.3) is 0 Å². The topological polar surface area (TPSA) is 75.2 Å². The molecule has 1 heterocycles. The number of aromatic carboxylic acids is 1. The average molecular weight is 282 g/mol. The monoisotopic (exact) mass is 282 g/mol. The van der Waals surface area contributed by atoms with Crippen molar-refractivity contribution < 1.29 is 14.6 Å². The molecule has 1 aromatic heterocycles. The Morgan fingerprint density at radius 1 is 1.24 bits per heavy atom. The van der Waals surface area contributed by atoms with Crippen LogP contribution in [0.25, 0.3) is 11.0 Å². The minimum Gasteiger partial charge on any atom is -0.494 e. The highest BCUT2D eigenvalue weighted by atomic mass is 16.5. The molecule has 21 heavy (non-hydrogen) atoms. The van der Waals surface area contributed by atoms with Crippen LogP contribution in [0.3, 0.4) is 0 Å². The second-order valence-electron chi connectivity index (χ2n) is 4.69. The molecule has 0 aliphatic rings. The van der Waals surface area contributed by atoms with Gasteiger partial charge in [-0.25, -0.2) is 9.78 Å². The second kappa shape index (κ2) is 5.28. The molecule has 106 valence electrons. The molecule has 2 N–H and O–H groups in total. The van der Waals surface area contributed by atoms with Gasteiger partial charge in [0.05, 0.1) is 18.2 Å². The lowest BCUT2D eigenvalue weighted by Crippen LogP contribution is -1.98. The molecule has 0 unspecified atom stereocenters. The largest absolute Gasteiger partial charge is 0.494 e. The molecule has 5 nitrogen and oxygen atoms in total. The van der Waals surface area contributed by atoms with Crippen LogP contribution in [0.5, 0.6) is 5.75 Å². The summed E-state index contributed by atoms with van der Waals surface area (Å²) in [5, 5.41) is 9.26. The highest BCUT2D eigenvalue weighted by molar-refractivity contribution is 6.02. The summed E-state index contributed by atoms with van der Waals surface area (Å²) in [5.74, 6) is 0.284. The Hall–Kier alpha value is -2.82. The lowest BCUT2D eigenvalue weighted by Gasteiger charge is -2.02. The van der Waals surface area contributed by atoms with Gasteiger partial charge in [0.2, 0.25) is 0 Å². The number of hydrogen-bond acceptors (Lipinski definition) is 3. The van der Waals surface area contributed by atoms with E-state index in [1.807, 2.05) is 30.3 Å². The summed E-state index contributed by atoms with van der Waals surface area (Å²) in [4.78, 5) is 18.9. The van der Waals surface area contributed by atoms with Crippen molar-refractivity contribution >= 4 is 17.0 Å². The van der Waals surface area contributed by atoms with Crippen molar-refractivity contribution in [1.29, 1.82) is 0 Å². The van der Waals surface area contributed by atoms with Crippen LogP contribution in [0.2, 0.25) is 0 Å². The van der Waals surface area contributed by atoms with Crippen molar-refractivity contribution in [3.8, 4) is 5.75 Å². The molecule has 5 heteroatoms. The molecule has 0 atom stereocenters. The van der Waals surface area contributed by atoms with Gasteiger partial charge < -0.3 is 14.8 Å². The van der Waals surface area contributed by atoms with E-state index in [1.165, 1.54) is 6.07 Å². The van der Waals surface area contributed by atoms with Crippen molar-refractivity contribution in [3.05, 3.63) is 59.4 Å². The number of fused-ring (bicyclic) bond motifs is 1. The number of methoxy groups -OCH3 is 1. The molecule has 3 rings (SSSR count). The Morgan fingerprint density at radius 3 is 2.67 bits per heavy atom. The van der Waals surface area contributed by atoms with Crippen molar-refractivity contribution in [2.24, 2.45) is 0 Å². The van der Waals surface area contributed by atoms with Gasteiger partial charge in [0, 0.05) is 6.42 Å². The molecule has 0 aliphatic carbocycles. The van der Waals surface area contributed by atoms with E-state index in [1.54, 1.807) is 13.2 Å². The summed E-state index contributed by atoms with van der Waals surface area (Å²) in [6, 6.07) is 13.0. The van der Waals surface area contributed by atoms with Crippen LogP contribution in [0.1, 0.15) is 21.7 Å². The van der Waals surface area contributed by atoms with E-state index in [2.05, 4.69) is 9.97 Å². The molecular formula is C16H14N2O3. The molecule has 0 fully saturated rings. The third kappa shape index (κ3) is 2.45. The van der Waals surface area contributed by atoms with Crippen molar-refractivity contribution in [2.45, 2.75) is 6.42 Å². The maximum Gasteiger partial charge on any atom is 0.337 e. The third-order valence-corrected chi connectivity index (χ3v) is 3.32. The van der Waals surface area contributed by atoms with Gasteiger partial charge in [-0.05, 0) is 17.7 Å². The van der Waals surface area contributed by atoms with Gasteiger partial charge >= 0.3 is 5.97 Å². The fourth-order valence-corrected chi connectivity index (χ4v) is 2.33. The summed E-state index contributed by atoms with van der Waals surface area (Å²) < 4.78 is 5.25. The van der Waals surface area contributed by atoms with E-state index in [9.17, 15) is 9.90 Å². The number of H-pyrrole nitrogens is 1. The van der Waals surface area contributed by atoms with E-state index in [-0.39, 0.29) is 5.56 Å². The molecule has 2 aromatic carbocycles. The maximum absolute atomic E-state index is 11.3. The maximum atomic E-state index is 11.3. The molecule has 0 saturated carbocycles. The first-order valence-corrected chi connectivity index (χ1v) is 6.52. The lowest BCUT2D eigenvalue weighted by atomic mass is 10.1. The predicted molar refractivity (Wildman–Crippen MR) is 78.9 cm³/mol. The molecule has 0 bridgehead atoms. The summed E-state index contributed by atoms with van der Waals surface area (Å²) in [5.41, 5.74) is 2.33. The third-order valence-electron chi connectivity index (χ3n) is 3.32. The number of aromatic amines is 1. The van der Waals surface area contributed by atoms with Crippen molar-refractivity contribution in [2.75, 3.05) is 7.11 Å². The van der Waals surface area contributed by atoms with Gasteiger partial charge in [-0.3, -0.25) is 0 Å². The fraction of sp³-hybridized carbons (Fsp3) is 0.125. The molecule has 0 radical (unpaired) electrons. The zero-order chi connectivity index (χ0) is 14.8. The number of carbonyl (C=O) groups is 1. The minimum absolute atomic E-state index is 0.192. The Labute approximate surface area is 121 Å². The first-order valence-electron chi connectivity index (χ1n) is 6.52. The van der Waals surface area contributed by atoms with Crippen LogP contribution in [0.15, 0.2) is 42.5 Å². The van der Waals surface area contributed by atoms with E-state index >= 15 is 0 Å². The summed E-state index contributed by atoms with van der Waals surface area (Å²) >= 11 is 0. The average Bonchev–Trinajstić information content (AvgIpc) is 2.90. The van der Waals surface area contributed by atoms with Crippen LogP contribution < -0.4 is 4.74 Å². The zero-order valence-corrected chi connectivity index (χ0v) is 11.5. The van der Waals surface area contributed by atoms with Crippen LogP contribution in [-0.4, -0.2) is 28.2 Å². The molecule has 0 saturated heterocycles. The Kier molecular flexibility index (Phi) is 3.31. The highest BCUT2D eigenvalue weighted by Crippen LogP contribution is 2.27. The molecule has 0 aliphatic heterocycles. The number of rotatable bonds is 4. The minimum atomic E-state index is -0.988. The Morgan fingerprint density at radius 2 is 2.00 bits per heavy atom. The second-order valence-corrected chi connectivity index (χ2v) is 4.69. The number of benzene rings is 2. The van der Waals surface area contributed by atoms with Gasteiger partial charge in [0.15, 0.2) is 0 Å². The zero-order valence-electron chi connectivity index (χ0n) is 11.5. The standard InChI is InChI=1S/C16H14N2O3/c1-21-12-8-7-11(16(19)20)14-15(12)18-13(17-14)9-10-5-3-2-4-6-10/h2-8H,9H2,1H3,(H,17,18)(H,19,20). The van der Waals surface area contributed by atoms with Gasteiger partial charge in [-0.15, -0.1) is 0 Å². The first-order chi connectivity index (χ1) is 10.2. The molecule has 3 aromatic rings. The van der Waals surface area contributed by atoms with Crippen molar-refractivity contribution in [3.63, 3.8) is 0 Å². The SMILES string of the molecule is COc1ccc(C(=O)O)c2[nH]c(Cc3ccccc3)nc12. The summed E-state index contributed by atoms with van der Waals surface area (Å²) in [6.07, 6.45) is 0.609. The first kappa shape index (κ1) is 13.2. The number of ether oxygens (including phenoxy) is 1. The number of nitrogens with zero attached hydrogens (tertiary/aromatic N) is 1. The van der Waals surface area contributed by atoms with Gasteiger partial charge in [0.1, 0.15) is 17.1 Å². The predicted octanol–water partition coefficient (Wildman–Crippen LogP) is 2.86. The summed E-state index contributed by atoms with van der Waals surface area (Å²) in [7, 11) is 1.54. The Balaban J connectivity index is 2.10. The number of imidazole rings is 1. The summed E-state index contributed by atoms with van der Waals surface area (Å²) in [6.45, 7) is 0. The number of hydrogen-bond donors (Lipinski definition) is 2. The highest BCUT2D eigenvalue weighted by Gasteiger charge is 2.16. The lowest BCUT2D eigenvalue weighted by molar-refractivity contribution is 0.0699. The van der Waals surface area contributed by atoms with Crippen molar-refractivity contribution in [1.82, 2.24) is 9.97 Å². The van der Waals surface area contributed by atoms with Gasteiger partial charge in [-0.1, -0.05) is 30.3 Å². The van der Waals surface area contributed by atoms with Crippen LogP contribution in [0, 0.1) is 0 Å². The number of carboxylic acid groups (broad SMARTS) is 1. The smallest absolute Gasteiger partial charge is 0.337 e. The molecule has 0 spiro atoms. The van der Waals surface area contributed by atoms with E-state index < -0.39 is 5.97 Å². The van der Waals surface area contributed by atoms with Crippen LogP contribution in [-0.2, 0) is 6.42 Å². The number of nitrogens with one attached hydrogen (secondary N) is 1. The van der Waals surface area contributed by atoms with E-state index in [0.717, 1.165) is 5.56 Å². The van der Waals surface area contributed by atoms with Crippen LogP contribution >= 0.6 is 0 Å². The normalized spacial score (nSPS) is 10.7. The van der Waals surface area contributed by atoms with E-state index in [4.69, 9.17) is 4.74 Å². The molecule has 0 amide bonds. The van der Waals surface area contributed by atoms with Gasteiger partial charge in [-0.2, -0.15) is 0 Å². The molecular weight excluding hydrogens is 268 g/mol. The quantitative estimate of drug-likeness (QED) is 0.771. The van der Waals surface area contributed by atoms with Crippen LogP contribution in [0.4, 0.5) is 0 Å². The number of carboxylic acids is 1. The Bertz CT molecular complexity index is 794.